The minimum atomic E-state index is -0.576. The van der Waals surface area contributed by atoms with Crippen LogP contribution in [0.2, 0.25) is 0 Å². The molecule has 1 heterocycles. The molecule has 1 atom stereocenters. The standard InChI is InChI=1S/C13H21N3O3/c1-9(15-12(18)19-13(2,3)4)11(17)6-5-10-7-8-14-16-10/h7-9H,5-6H2,1-4H3,(H,14,16)(H,15,18)/t9-/m0/s1. The maximum absolute atomic E-state index is 11.8. The molecule has 1 rings (SSSR count). The molecule has 0 fully saturated rings. The van der Waals surface area contributed by atoms with Gasteiger partial charge in [-0.2, -0.15) is 5.10 Å². The van der Waals surface area contributed by atoms with Crippen LogP contribution in [0.3, 0.4) is 0 Å². The van der Waals surface area contributed by atoms with Crippen LogP contribution in [0.4, 0.5) is 4.79 Å². The van der Waals surface area contributed by atoms with E-state index in [1.807, 2.05) is 6.07 Å². The normalized spacial score (nSPS) is 12.8. The third-order valence-electron chi connectivity index (χ3n) is 2.40. The number of rotatable bonds is 5. The van der Waals surface area contributed by atoms with Crippen molar-refractivity contribution in [3.05, 3.63) is 18.0 Å². The number of aryl methyl sites for hydroxylation is 1. The van der Waals surface area contributed by atoms with E-state index in [0.29, 0.717) is 12.8 Å². The number of nitrogens with zero attached hydrogens (tertiary/aromatic N) is 1. The molecule has 0 bridgehead atoms. The number of ether oxygens (including phenoxy) is 1. The number of H-pyrrole nitrogens is 1. The molecule has 0 aliphatic rings. The first-order chi connectivity index (χ1) is 8.78. The second kappa shape index (κ2) is 6.36. The molecule has 1 aromatic rings. The number of nitrogens with one attached hydrogen (secondary N) is 2. The number of carbonyl (C=O) groups excluding carboxylic acids is 2. The lowest BCUT2D eigenvalue weighted by Crippen LogP contribution is -2.41. The minimum Gasteiger partial charge on any atom is -0.444 e. The zero-order chi connectivity index (χ0) is 14.5. The summed E-state index contributed by atoms with van der Waals surface area (Å²) in [6.45, 7) is 6.97. The SMILES string of the molecule is C[C@H](NC(=O)OC(C)(C)C)C(=O)CCc1cc[nH]n1. The second-order valence-electron chi connectivity index (χ2n) is 5.40. The molecule has 0 aliphatic heterocycles. The van der Waals surface area contributed by atoms with Crippen molar-refractivity contribution in [3.8, 4) is 0 Å². The zero-order valence-electron chi connectivity index (χ0n) is 11.8. The van der Waals surface area contributed by atoms with Gasteiger partial charge in [0.2, 0.25) is 0 Å². The van der Waals surface area contributed by atoms with Crippen LogP contribution < -0.4 is 5.32 Å². The summed E-state index contributed by atoms with van der Waals surface area (Å²) in [4.78, 5) is 23.3. The fourth-order valence-corrected chi connectivity index (χ4v) is 1.46. The third kappa shape index (κ3) is 6.03. The molecule has 0 aromatic carbocycles. The first kappa shape index (κ1) is 15.2. The van der Waals surface area contributed by atoms with Gasteiger partial charge >= 0.3 is 6.09 Å². The summed E-state index contributed by atoms with van der Waals surface area (Å²) in [5.74, 6) is -0.0474. The maximum Gasteiger partial charge on any atom is 0.408 e. The van der Waals surface area contributed by atoms with Crippen LogP contribution in [0, 0.1) is 0 Å². The Labute approximate surface area is 112 Å². The first-order valence-corrected chi connectivity index (χ1v) is 6.29. The number of carbonyl (C=O) groups is 2. The predicted octanol–water partition coefficient (Wildman–Crippen LogP) is 1.82. The number of amides is 1. The van der Waals surface area contributed by atoms with Gasteiger partial charge in [0.1, 0.15) is 5.60 Å². The van der Waals surface area contributed by atoms with Gasteiger partial charge in [-0.05, 0) is 40.2 Å². The third-order valence-corrected chi connectivity index (χ3v) is 2.40. The number of hydrogen-bond acceptors (Lipinski definition) is 4. The van der Waals surface area contributed by atoms with Gasteiger partial charge in [-0.25, -0.2) is 4.79 Å². The molecule has 0 saturated heterocycles. The molecule has 6 heteroatoms. The van der Waals surface area contributed by atoms with E-state index in [9.17, 15) is 9.59 Å². The van der Waals surface area contributed by atoms with Gasteiger partial charge in [-0.15, -0.1) is 0 Å². The Hall–Kier alpha value is -1.85. The lowest BCUT2D eigenvalue weighted by Gasteiger charge is -2.21. The summed E-state index contributed by atoms with van der Waals surface area (Å²) in [5.41, 5.74) is 0.264. The number of aromatic nitrogens is 2. The maximum atomic E-state index is 11.8. The molecule has 0 spiro atoms. The summed E-state index contributed by atoms with van der Waals surface area (Å²) < 4.78 is 5.09. The van der Waals surface area contributed by atoms with Crippen molar-refractivity contribution in [2.45, 2.75) is 52.2 Å². The number of hydrogen-bond donors (Lipinski definition) is 2. The second-order valence-corrected chi connectivity index (χ2v) is 5.40. The molecule has 6 nitrogen and oxygen atoms in total. The molecular weight excluding hydrogens is 246 g/mol. The topological polar surface area (TPSA) is 84.1 Å². The quantitative estimate of drug-likeness (QED) is 0.852. The van der Waals surface area contributed by atoms with Gasteiger partial charge in [-0.1, -0.05) is 0 Å². The Bertz CT molecular complexity index is 421. The summed E-state index contributed by atoms with van der Waals surface area (Å²) >= 11 is 0. The summed E-state index contributed by atoms with van der Waals surface area (Å²) in [6.07, 6.45) is 2.03. The molecule has 19 heavy (non-hydrogen) atoms. The van der Waals surface area contributed by atoms with E-state index >= 15 is 0 Å². The van der Waals surface area contributed by atoms with Gasteiger partial charge in [0.25, 0.3) is 0 Å². The molecule has 0 radical (unpaired) electrons. The van der Waals surface area contributed by atoms with E-state index in [1.54, 1.807) is 33.9 Å². The van der Waals surface area contributed by atoms with Crippen molar-refractivity contribution in [1.29, 1.82) is 0 Å². The van der Waals surface area contributed by atoms with E-state index < -0.39 is 17.7 Å². The van der Waals surface area contributed by atoms with Crippen LogP contribution in [-0.4, -0.2) is 33.7 Å². The minimum absolute atomic E-state index is 0.0474. The molecule has 0 aliphatic carbocycles. The Morgan fingerprint density at radius 3 is 2.68 bits per heavy atom. The number of aromatic amines is 1. The highest BCUT2D eigenvalue weighted by atomic mass is 16.6. The number of ketones is 1. The molecule has 1 amide bonds. The smallest absolute Gasteiger partial charge is 0.408 e. The van der Waals surface area contributed by atoms with Crippen LogP contribution in [0.25, 0.3) is 0 Å². The van der Waals surface area contributed by atoms with Gasteiger partial charge in [-0.3, -0.25) is 9.89 Å². The zero-order valence-corrected chi connectivity index (χ0v) is 11.8. The Morgan fingerprint density at radius 1 is 1.47 bits per heavy atom. The fourth-order valence-electron chi connectivity index (χ4n) is 1.46. The average Bonchev–Trinajstić information content (AvgIpc) is 2.75. The summed E-state index contributed by atoms with van der Waals surface area (Å²) in [7, 11) is 0. The Kier molecular flexibility index (Phi) is 5.09. The van der Waals surface area contributed by atoms with Crippen LogP contribution in [0.5, 0.6) is 0 Å². The van der Waals surface area contributed by atoms with E-state index in [4.69, 9.17) is 4.74 Å². The highest BCUT2D eigenvalue weighted by Crippen LogP contribution is 2.07. The van der Waals surface area contributed by atoms with Crippen LogP contribution in [0.15, 0.2) is 12.3 Å². The van der Waals surface area contributed by atoms with Crippen molar-refractivity contribution in [1.82, 2.24) is 15.5 Å². The lowest BCUT2D eigenvalue weighted by atomic mass is 10.1. The average molecular weight is 267 g/mol. The van der Waals surface area contributed by atoms with Gasteiger partial charge < -0.3 is 10.1 Å². The van der Waals surface area contributed by atoms with Crippen LogP contribution in [-0.2, 0) is 16.0 Å². The molecule has 0 saturated carbocycles. The van der Waals surface area contributed by atoms with E-state index in [1.165, 1.54) is 0 Å². The van der Waals surface area contributed by atoms with Crippen molar-refractivity contribution in [2.75, 3.05) is 0 Å². The highest BCUT2D eigenvalue weighted by Gasteiger charge is 2.20. The van der Waals surface area contributed by atoms with Crippen molar-refractivity contribution in [2.24, 2.45) is 0 Å². The molecule has 106 valence electrons. The van der Waals surface area contributed by atoms with Crippen LogP contribution >= 0.6 is 0 Å². The fraction of sp³-hybridized carbons (Fsp3) is 0.615. The van der Waals surface area contributed by atoms with Crippen LogP contribution in [0.1, 0.15) is 39.8 Å². The van der Waals surface area contributed by atoms with Crippen molar-refractivity contribution >= 4 is 11.9 Å². The summed E-state index contributed by atoms with van der Waals surface area (Å²) in [5, 5.41) is 9.18. The van der Waals surface area contributed by atoms with Gasteiger partial charge in [0.05, 0.1) is 11.7 Å². The number of Topliss-reactive ketones (excluding diaryl/α,β-unsaturated/α-hetero) is 1. The van der Waals surface area contributed by atoms with E-state index in [2.05, 4.69) is 15.5 Å². The predicted molar refractivity (Wildman–Crippen MR) is 70.7 cm³/mol. The Morgan fingerprint density at radius 2 is 2.16 bits per heavy atom. The number of alkyl carbamates (subject to hydrolysis) is 1. The molecule has 0 unspecified atom stereocenters. The van der Waals surface area contributed by atoms with Gasteiger partial charge in [0, 0.05) is 12.6 Å². The van der Waals surface area contributed by atoms with E-state index in [0.717, 1.165) is 5.69 Å². The summed E-state index contributed by atoms with van der Waals surface area (Å²) in [6, 6.07) is 1.26. The largest absolute Gasteiger partial charge is 0.444 e. The molecule has 2 N–H and O–H groups in total. The monoisotopic (exact) mass is 267 g/mol. The van der Waals surface area contributed by atoms with Crippen molar-refractivity contribution in [3.63, 3.8) is 0 Å². The van der Waals surface area contributed by atoms with E-state index in [-0.39, 0.29) is 5.78 Å². The molecular formula is C13H21N3O3. The molecule has 1 aromatic heterocycles. The lowest BCUT2D eigenvalue weighted by molar-refractivity contribution is -0.120. The van der Waals surface area contributed by atoms with Gasteiger partial charge in [0.15, 0.2) is 5.78 Å². The first-order valence-electron chi connectivity index (χ1n) is 6.29. The highest BCUT2D eigenvalue weighted by molar-refractivity contribution is 5.87. The van der Waals surface area contributed by atoms with Crippen molar-refractivity contribution < 1.29 is 14.3 Å². The Balaban J connectivity index is 2.34.